The number of nitrogens with one attached hydrogen (secondary N) is 1. The summed E-state index contributed by atoms with van der Waals surface area (Å²) < 4.78 is 45.4. The number of carbonyl (C=O) groups excluding carboxylic acids is 1. The number of alkyl halides is 3. The molecule has 9 heteroatoms. The van der Waals surface area contributed by atoms with Gasteiger partial charge in [0.1, 0.15) is 11.4 Å². The van der Waals surface area contributed by atoms with Crippen molar-refractivity contribution in [3.63, 3.8) is 0 Å². The van der Waals surface area contributed by atoms with E-state index in [1.807, 2.05) is 6.26 Å². The van der Waals surface area contributed by atoms with Gasteiger partial charge in [0.2, 0.25) is 5.91 Å². The van der Waals surface area contributed by atoms with Crippen molar-refractivity contribution in [1.29, 1.82) is 0 Å². The molecule has 0 radical (unpaired) electrons. The predicted molar refractivity (Wildman–Crippen MR) is 102 cm³/mol. The van der Waals surface area contributed by atoms with Crippen LogP contribution in [0.4, 0.5) is 13.2 Å². The fraction of sp³-hybridized carbons (Fsp3) is 0.588. The zero-order valence-electron chi connectivity index (χ0n) is 15.3. The van der Waals surface area contributed by atoms with Gasteiger partial charge in [-0.3, -0.25) is 4.79 Å². The molecule has 1 aromatic carbocycles. The highest BCUT2D eigenvalue weighted by Crippen LogP contribution is 2.35. The predicted octanol–water partition coefficient (Wildman–Crippen LogP) is 4.00. The molecule has 3 N–H and O–H groups in total. The molecule has 0 bridgehead atoms. The Bertz CT molecular complexity index is 592. The summed E-state index contributed by atoms with van der Waals surface area (Å²) in [5.74, 6) is 0.380. The molecule has 1 atom stereocenters. The average Bonchev–Trinajstić information content (AvgIpc) is 2.48. The van der Waals surface area contributed by atoms with Gasteiger partial charge in [0, 0.05) is 6.54 Å². The number of hydrogen-bond acceptors (Lipinski definition) is 4. The number of carbonyl (C=O) groups is 1. The second kappa shape index (κ2) is 10.3. The van der Waals surface area contributed by atoms with Crippen molar-refractivity contribution in [1.82, 2.24) is 5.32 Å². The molecule has 0 aliphatic rings. The van der Waals surface area contributed by atoms with Crippen LogP contribution in [0, 0.1) is 0 Å². The molecule has 1 amide bonds. The van der Waals surface area contributed by atoms with Crippen molar-refractivity contribution >= 4 is 30.1 Å². The molecule has 1 rings (SSSR count). The van der Waals surface area contributed by atoms with E-state index in [0.717, 1.165) is 6.07 Å². The number of hydrogen-bond donors (Lipinski definition) is 2. The number of halogens is 4. The Hall–Kier alpha value is -1.12. The summed E-state index contributed by atoms with van der Waals surface area (Å²) in [7, 11) is 0. The van der Waals surface area contributed by atoms with E-state index in [1.165, 1.54) is 12.1 Å². The van der Waals surface area contributed by atoms with Gasteiger partial charge in [-0.2, -0.15) is 24.9 Å². The minimum Gasteiger partial charge on any atom is -0.488 e. The van der Waals surface area contributed by atoms with Crippen LogP contribution >= 0.6 is 24.2 Å². The van der Waals surface area contributed by atoms with Crippen LogP contribution in [0.15, 0.2) is 18.2 Å². The van der Waals surface area contributed by atoms with Gasteiger partial charge < -0.3 is 15.8 Å². The van der Waals surface area contributed by atoms with Crippen LogP contribution in [0.1, 0.15) is 38.3 Å². The summed E-state index contributed by atoms with van der Waals surface area (Å²) >= 11 is 1.55. The van der Waals surface area contributed by atoms with Gasteiger partial charge in [-0.15, -0.1) is 12.4 Å². The third-order valence-corrected chi connectivity index (χ3v) is 3.88. The Labute approximate surface area is 162 Å². The maximum Gasteiger partial charge on any atom is 0.416 e. The summed E-state index contributed by atoms with van der Waals surface area (Å²) in [5.41, 5.74) is 4.25. The van der Waals surface area contributed by atoms with E-state index in [0.29, 0.717) is 12.2 Å². The number of thioether (sulfide) groups is 1. The minimum atomic E-state index is -4.54. The number of rotatable bonds is 7. The Kier molecular flexibility index (Phi) is 9.83. The highest BCUT2D eigenvalue weighted by atomic mass is 35.5. The first-order valence-corrected chi connectivity index (χ1v) is 9.25. The topological polar surface area (TPSA) is 64.4 Å². The normalized spacial score (nSPS) is 12.9. The fourth-order valence-corrected chi connectivity index (χ4v) is 2.57. The van der Waals surface area contributed by atoms with Gasteiger partial charge in [-0.05, 0) is 56.9 Å². The monoisotopic (exact) mass is 414 g/mol. The van der Waals surface area contributed by atoms with Crippen molar-refractivity contribution in [2.45, 2.75) is 51.6 Å². The third-order valence-electron chi connectivity index (χ3n) is 3.23. The van der Waals surface area contributed by atoms with Crippen molar-refractivity contribution in [3.05, 3.63) is 29.3 Å². The molecule has 0 spiro atoms. The highest BCUT2D eigenvalue weighted by Gasteiger charge is 2.34. The van der Waals surface area contributed by atoms with Gasteiger partial charge in [0.25, 0.3) is 0 Å². The second-order valence-electron chi connectivity index (χ2n) is 6.64. The molecular weight excluding hydrogens is 389 g/mol. The van der Waals surface area contributed by atoms with Crippen molar-refractivity contribution < 1.29 is 22.7 Å². The quantitative estimate of drug-likeness (QED) is 0.707. The summed E-state index contributed by atoms with van der Waals surface area (Å²) in [4.78, 5) is 11.9. The first kappa shape index (κ1) is 24.9. The van der Waals surface area contributed by atoms with Crippen LogP contribution in [-0.4, -0.2) is 29.6 Å². The Morgan fingerprint density at radius 2 is 1.92 bits per heavy atom. The van der Waals surface area contributed by atoms with Gasteiger partial charge in [-0.25, -0.2) is 0 Å². The van der Waals surface area contributed by atoms with Crippen LogP contribution in [0.3, 0.4) is 0 Å². The molecule has 0 saturated heterocycles. The third kappa shape index (κ3) is 8.51. The van der Waals surface area contributed by atoms with Crippen LogP contribution in [0.25, 0.3) is 0 Å². The van der Waals surface area contributed by atoms with E-state index in [9.17, 15) is 18.0 Å². The number of benzene rings is 1. The van der Waals surface area contributed by atoms with Gasteiger partial charge in [-0.1, -0.05) is 6.07 Å². The summed E-state index contributed by atoms with van der Waals surface area (Å²) in [5, 5.41) is 2.47. The molecular formula is C17H26ClF3N2O2S. The maximum atomic E-state index is 13.3. The smallest absolute Gasteiger partial charge is 0.416 e. The lowest BCUT2D eigenvalue weighted by Crippen LogP contribution is -2.40. The van der Waals surface area contributed by atoms with Crippen molar-refractivity contribution in [2.24, 2.45) is 5.73 Å². The first-order valence-electron chi connectivity index (χ1n) is 7.85. The standard InChI is InChI=1S/C17H25F3N2O2S.ClH/c1-16(2,3)24-12-6-5-11(13(9-12)17(18,19)20)10-22-15(23)14(21)7-8-25-4;/h5-6,9,14H,7-8,10,21H2,1-4H3,(H,22,23);1H/t14-;/m0./s1. The SMILES string of the molecule is CSCC[C@H](N)C(=O)NCc1ccc(OC(C)(C)C)cc1C(F)(F)F.Cl. The summed E-state index contributed by atoms with van der Waals surface area (Å²) in [6.45, 7) is 5.02. The van der Waals surface area contributed by atoms with Crippen molar-refractivity contribution in [2.75, 3.05) is 12.0 Å². The molecule has 26 heavy (non-hydrogen) atoms. The van der Waals surface area contributed by atoms with E-state index in [-0.39, 0.29) is 30.3 Å². The Morgan fingerprint density at radius 1 is 1.31 bits per heavy atom. The Morgan fingerprint density at radius 3 is 2.42 bits per heavy atom. The number of nitrogens with two attached hydrogens (primary N) is 1. The second-order valence-corrected chi connectivity index (χ2v) is 7.62. The molecule has 4 nitrogen and oxygen atoms in total. The molecule has 0 aromatic heterocycles. The first-order chi connectivity index (χ1) is 11.4. The van der Waals surface area contributed by atoms with E-state index >= 15 is 0 Å². The highest BCUT2D eigenvalue weighted by molar-refractivity contribution is 7.98. The average molecular weight is 415 g/mol. The van der Waals surface area contributed by atoms with Crippen LogP contribution in [0.2, 0.25) is 0 Å². The zero-order chi connectivity index (χ0) is 19.3. The van der Waals surface area contributed by atoms with Crippen molar-refractivity contribution in [3.8, 4) is 5.75 Å². The molecule has 1 aromatic rings. The molecule has 0 aliphatic carbocycles. The van der Waals surface area contributed by atoms with E-state index < -0.39 is 29.3 Å². The Balaban J connectivity index is 0.00000625. The van der Waals surface area contributed by atoms with Gasteiger partial charge >= 0.3 is 6.18 Å². The van der Waals surface area contributed by atoms with E-state index in [1.54, 1.807) is 32.5 Å². The minimum absolute atomic E-state index is 0. The lowest BCUT2D eigenvalue weighted by molar-refractivity contribution is -0.138. The van der Waals surface area contributed by atoms with E-state index in [2.05, 4.69) is 5.32 Å². The van der Waals surface area contributed by atoms with E-state index in [4.69, 9.17) is 10.5 Å². The summed E-state index contributed by atoms with van der Waals surface area (Å²) in [6.07, 6.45) is -2.18. The van der Waals surface area contributed by atoms with Gasteiger partial charge in [0.05, 0.1) is 11.6 Å². The largest absolute Gasteiger partial charge is 0.488 e. The maximum absolute atomic E-state index is 13.3. The molecule has 150 valence electrons. The van der Waals surface area contributed by atoms with Crippen LogP contribution < -0.4 is 15.8 Å². The zero-order valence-corrected chi connectivity index (χ0v) is 16.9. The lowest BCUT2D eigenvalue weighted by atomic mass is 10.1. The fourth-order valence-electron chi connectivity index (χ4n) is 2.08. The van der Waals surface area contributed by atoms with Gasteiger partial charge in [0.15, 0.2) is 0 Å². The summed E-state index contributed by atoms with van der Waals surface area (Å²) in [6, 6.07) is 3.01. The number of ether oxygens (including phenoxy) is 1. The molecule has 0 fully saturated rings. The van der Waals surface area contributed by atoms with Crippen LogP contribution in [0.5, 0.6) is 5.75 Å². The molecule has 0 unspecified atom stereocenters. The van der Waals surface area contributed by atoms with Crippen LogP contribution in [-0.2, 0) is 17.5 Å². The molecule has 0 saturated carbocycles. The number of amides is 1. The molecule has 0 heterocycles. The lowest BCUT2D eigenvalue weighted by Gasteiger charge is -2.23. The molecule has 0 aliphatic heterocycles.